The number of para-hydroxylation sites is 1. The highest BCUT2D eigenvalue weighted by Gasteiger charge is 2.23. The molecule has 8 heteroatoms. The molecule has 0 amide bonds. The first-order chi connectivity index (χ1) is 20.7. The molecule has 8 nitrogen and oxygen atoms in total. The molecule has 0 unspecified atom stereocenters. The van der Waals surface area contributed by atoms with Gasteiger partial charge in [-0.1, -0.05) is 109 Å². The minimum atomic E-state index is -0.384. The van der Waals surface area contributed by atoms with E-state index in [-0.39, 0.29) is 10.6 Å². The first-order valence-electron chi connectivity index (χ1n) is 13.3. The fourth-order valence-corrected chi connectivity index (χ4v) is 5.17. The van der Waals surface area contributed by atoms with Crippen LogP contribution in [0.25, 0.3) is 61.9 Å². The van der Waals surface area contributed by atoms with Crippen LogP contribution in [-0.4, -0.2) is 29.4 Å². The van der Waals surface area contributed by atoms with Crippen molar-refractivity contribution in [1.82, 2.24) is 24.5 Å². The van der Waals surface area contributed by atoms with Gasteiger partial charge in [-0.3, -0.25) is 19.7 Å². The normalized spacial score (nSPS) is 11.0. The summed E-state index contributed by atoms with van der Waals surface area (Å²) in [5.74, 6) is 1.44. The summed E-state index contributed by atoms with van der Waals surface area (Å²) in [6.07, 6.45) is 4.95. The van der Waals surface area contributed by atoms with Gasteiger partial charge >= 0.3 is 0 Å². The minimum absolute atomic E-state index is 0.0305. The molecular formula is C34H22N6O2. The molecule has 0 spiro atoms. The van der Waals surface area contributed by atoms with E-state index >= 15 is 0 Å². The molecule has 7 aromatic rings. The zero-order valence-electron chi connectivity index (χ0n) is 22.2. The quantitative estimate of drug-likeness (QED) is 0.156. The Bertz CT molecular complexity index is 2000. The largest absolute Gasteiger partial charge is 0.284 e. The van der Waals surface area contributed by atoms with E-state index in [1.165, 1.54) is 18.5 Å². The van der Waals surface area contributed by atoms with E-state index in [1.807, 2.05) is 120 Å². The lowest BCUT2D eigenvalue weighted by molar-refractivity contribution is -0.384. The Morgan fingerprint density at radius 1 is 0.595 bits per heavy atom. The van der Waals surface area contributed by atoms with Crippen LogP contribution in [0.15, 0.2) is 134 Å². The summed E-state index contributed by atoms with van der Waals surface area (Å²) in [7, 11) is 0. The van der Waals surface area contributed by atoms with Gasteiger partial charge in [-0.2, -0.15) is 9.97 Å². The Morgan fingerprint density at radius 3 is 1.79 bits per heavy atom. The molecule has 0 aliphatic rings. The topological polar surface area (TPSA) is 99.6 Å². The van der Waals surface area contributed by atoms with Crippen molar-refractivity contribution in [3.8, 4) is 51.0 Å². The standard InChI is InChI=1S/C34H22N6O2/c41-40(42)30-19-20-35-21-28(30)26-17-10-18-27-29(23-11-4-1-5-12-23)22-39(31(26)27)34-37-32(24-13-6-2-7-14-24)36-33(38-34)25-15-8-3-9-16-25/h1-22H. The van der Waals surface area contributed by atoms with Crippen molar-refractivity contribution < 1.29 is 4.92 Å². The molecule has 0 N–H and O–H groups in total. The third-order valence-corrected chi connectivity index (χ3v) is 7.10. The summed E-state index contributed by atoms with van der Waals surface area (Å²) in [5, 5.41) is 13.0. The lowest BCUT2D eigenvalue weighted by atomic mass is 9.99. The number of rotatable bonds is 6. The van der Waals surface area contributed by atoms with Gasteiger partial charge in [0.2, 0.25) is 5.95 Å². The molecule has 0 atom stereocenters. The number of benzene rings is 4. The molecule has 0 aliphatic heterocycles. The van der Waals surface area contributed by atoms with E-state index in [1.54, 1.807) is 0 Å². The fraction of sp³-hybridized carbons (Fsp3) is 0. The molecule has 3 aromatic heterocycles. The van der Waals surface area contributed by atoms with Crippen molar-refractivity contribution in [2.45, 2.75) is 0 Å². The van der Waals surface area contributed by atoms with E-state index in [2.05, 4.69) is 4.98 Å². The maximum Gasteiger partial charge on any atom is 0.280 e. The van der Waals surface area contributed by atoms with Crippen LogP contribution in [0.4, 0.5) is 5.69 Å². The molecule has 7 rings (SSSR count). The Labute approximate surface area is 240 Å². The Balaban J connectivity index is 1.57. The second-order valence-corrected chi connectivity index (χ2v) is 9.65. The predicted molar refractivity (Wildman–Crippen MR) is 163 cm³/mol. The molecular weight excluding hydrogens is 524 g/mol. The summed E-state index contributed by atoms with van der Waals surface area (Å²) in [5.41, 5.74) is 5.41. The molecule has 200 valence electrons. The molecule has 0 aliphatic carbocycles. The van der Waals surface area contributed by atoms with Gasteiger partial charge in [0.25, 0.3) is 5.69 Å². The van der Waals surface area contributed by atoms with Crippen molar-refractivity contribution >= 4 is 16.6 Å². The molecule has 0 bridgehead atoms. The first kappa shape index (κ1) is 25.0. The Kier molecular flexibility index (Phi) is 6.25. The smallest absolute Gasteiger partial charge is 0.280 e. The minimum Gasteiger partial charge on any atom is -0.284 e. The Hall–Kier alpha value is -6.02. The number of hydrogen-bond donors (Lipinski definition) is 0. The van der Waals surface area contributed by atoms with Crippen molar-refractivity contribution in [3.05, 3.63) is 144 Å². The van der Waals surface area contributed by atoms with E-state index < -0.39 is 0 Å². The number of hydrogen-bond acceptors (Lipinski definition) is 6. The van der Waals surface area contributed by atoms with Crippen LogP contribution in [-0.2, 0) is 0 Å². The average Bonchev–Trinajstić information content (AvgIpc) is 3.46. The van der Waals surface area contributed by atoms with E-state index in [9.17, 15) is 10.1 Å². The van der Waals surface area contributed by atoms with Crippen LogP contribution in [0, 0.1) is 10.1 Å². The number of fused-ring (bicyclic) bond motifs is 1. The first-order valence-corrected chi connectivity index (χ1v) is 13.3. The third-order valence-electron chi connectivity index (χ3n) is 7.10. The van der Waals surface area contributed by atoms with Gasteiger partial charge in [0.05, 0.1) is 16.0 Å². The summed E-state index contributed by atoms with van der Waals surface area (Å²) in [6, 6.07) is 36.7. The van der Waals surface area contributed by atoms with Gasteiger partial charge < -0.3 is 0 Å². The lowest BCUT2D eigenvalue weighted by Crippen LogP contribution is -2.06. The number of aromatic nitrogens is 5. The summed E-state index contributed by atoms with van der Waals surface area (Å²) in [6.45, 7) is 0. The van der Waals surface area contributed by atoms with Crippen molar-refractivity contribution in [2.75, 3.05) is 0 Å². The van der Waals surface area contributed by atoms with E-state index in [0.717, 1.165) is 33.2 Å². The second kappa shape index (κ2) is 10.5. The number of nitrogens with zero attached hydrogens (tertiary/aromatic N) is 6. The van der Waals surface area contributed by atoms with E-state index in [4.69, 9.17) is 15.0 Å². The molecule has 0 radical (unpaired) electrons. The summed E-state index contributed by atoms with van der Waals surface area (Å²) >= 11 is 0. The Morgan fingerprint density at radius 2 is 1.19 bits per heavy atom. The number of pyridine rings is 1. The molecule has 0 saturated carbocycles. The molecule has 3 heterocycles. The van der Waals surface area contributed by atoms with Gasteiger partial charge in [0.1, 0.15) is 0 Å². The van der Waals surface area contributed by atoms with Crippen LogP contribution in [0.2, 0.25) is 0 Å². The van der Waals surface area contributed by atoms with E-state index in [0.29, 0.717) is 28.7 Å². The predicted octanol–water partition coefficient (Wildman–Crippen LogP) is 7.79. The van der Waals surface area contributed by atoms with Crippen LogP contribution in [0.5, 0.6) is 0 Å². The zero-order chi connectivity index (χ0) is 28.5. The third kappa shape index (κ3) is 4.47. The van der Waals surface area contributed by atoms with Gasteiger partial charge in [-0.05, 0) is 5.56 Å². The maximum atomic E-state index is 12.1. The van der Waals surface area contributed by atoms with Crippen LogP contribution in [0.1, 0.15) is 0 Å². The summed E-state index contributed by atoms with van der Waals surface area (Å²) < 4.78 is 1.91. The fourth-order valence-electron chi connectivity index (χ4n) is 5.17. The SMILES string of the molecule is O=[N+]([O-])c1ccncc1-c1cccc2c(-c3ccccc3)cn(-c3nc(-c4ccccc4)nc(-c4ccccc4)n3)c12. The van der Waals surface area contributed by atoms with Crippen LogP contribution >= 0.6 is 0 Å². The average molecular weight is 547 g/mol. The van der Waals surface area contributed by atoms with Crippen molar-refractivity contribution in [2.24, 2.45) is 0 Å². The van der Waals surface area contributed by atoms with Gasteiger partial charge in [0, 0.05) is 52.3 Å². The van der Waals surface area contributed by atoms with Gasteiger partial charge in [-0.15, -0.1) is 0 Å². The summed E-state index contributed by atoms with van der Waals surface area (Å²) in [4.78, 5) is 30.6. The molecule has 4 aromatic carbocycles. The zero-order valence-corrected chi connectivity index (χ0v) is 22.2. The maximum absolute atomic E-state index is 12.1. The van der Waals surface area contributed by atoms with Gasteiger partial charge in [0.15, 0.2) is 11.6 Å². The lowest BCUT2D eigenvalue weighted by Gasteiger charge is -2.12. The van der Waals surface area contributed by atoms with Gasteiger partial charge in [-0.25, -0.2) is 4.98 Å². The highest BCUT2D eigenvalue weighted by Crippen LogP contribution is 2.40. The van der Waals surface area contributed by atoms with Crippen LogP contribution < -0.4 is 0 Å². The highest BCUT2D eigenvalue weighted by atomic mass is 16.6. The molecule has 42 heavy (non-hydrogen) atoms. The van der Waals surface area contributed by atoms with Crippen molar-refractivity contribution in [3.63, 3.8) is 0 Å². The monoisotopic (exact) mass is 546 g/mol. The second-order valence-electron chi connectivity index (χ2n) is 9.65. The van der Waals surface area contributed by atoms with Crippen LogP contribution in [0.3, 0.4) is 0 Å². The molecule has 0 fully saturated rings. The highest BCUT2D eigenvalue weighted by molar-refractivity contribution is 6.05. The number of nitro groups is 1. The van der Waals surface area contributed by atoms with Crippen molar-refractivity contribution in [1.29, 1.82) is 0 Å². The molecule has 0 saturated heterocycles.